The van der Waals surface area contributed by atoms with Gasteiger partial charge in [-0.15, -0.1) is 6.58 Å². The van der Waals surface area contributed by atoms with Crippen LogP contribution in [0.1, 0.15) is 64.2 Å². The van der Waals surface area contributed by atoms with E-state index < -0.39 is 0 Å². The molecule has 0 unspecified atom stereocenters. The highest BCUT2D eigenvalue weighted by Crippen LogP contribution is 2.33. The van der Waals surface area contributed by atoms with Crippen molar-refractivity contribution in [1.82, 2.24) is 15.5 Å². The van der Waals surface area contributed by atoms with Gasteiger partial charge >= 0.3 is 6.03 Å². The van der Waals surface area contributed by atoms with E-state index in [0.717, 1.165) is 32.2 Å². The highest BCUT2D eigenvalue weighted by atomic mass is 16.2. The maximum Gasteiger partial charge on any atom is 0.315 e. The summed E-state index contributed by atoms with van der Waals surface area (Å²) in [7, 11) is 0. The van der Waals surface area contributed by atoms with Gasteiger partial charge in [0.05, 0.1) is 0 Å². The van der Waals surface area contributed by atoms with E-state index in [2.05, 4.69) is 22.1 Å². The Labute approximate surface area is 134 Å². The second-order valence-electron chi connectivity index (χ2n) is 7.35. The summed E-state index contributed by atoms with van der Waals surface area (Å²) < 4.78 is 0. The molecule has 2 atom stereocenters. The zero-order chi connectivity index (χ0) is 15.4. The summed E-state index contributed by atoms with van der Waals surface area (Å²) in [5.74, 6) is 0. The summed E-state index contributed by atoms with van der Waals surface area (Å²) in [4.78, 5) is 14.9. The molecule has 2 saturated heterocycles. The van der Waals surface area contributed by atoms with E-state index in [4.69, 9.17) is 0 Å². The number of hydrogen-bond donors (Lipinski definition) is 2. The van der Waals surface area contributed by atoms with Crippen molar-refractivity contribution >= 4 is 6.03 Å². The third kappa shape index (κ3) is 3.83. The number of rotatable bonds is 4. The molecule has 2 amide bonds. The molecule has 1 aliphatic carbocycles. The molecular weight excluding hydrogens is 274 g/mol. The number of amides is 2. The fraction of sp³-hybridized carbons (Fsp3) is 0.833. The van der Waals surface area contributed by atoms with E-state index in [1.54, 1.807) is 0 Å². The van der Waals surface area contributed by atoms with Crippen LogP contribution in [0.15, 0.2) is 12.7 Å². The molecule has 0 spiro atoms. The fourth-order valence-electron chi connectivity index (χ4n) is 4.70. The lowest BCUT2D eigenvalue weighted by Gasteiger charge is -2.48. The Bertz CT molecular complexity index is 378. The summed E-state index contributed by atoms with van der Waals surface area (Å²) in [6, 6.07) is 2.07. The molecule has 2 aliphatic heterocycles. The van der Waals surface area contributed by atoms with Gasteiger partial charge in [0, 0.05) is 30.7 Å². The summed E-state index contributed by atoms with van der Waals surface area (Å²) in [6.45, 7) is 4.89. The van der Waals surface area contributed by atoms with Crippen LogP contribution in [-0.4, -0.2) is 41.6 Å². The zero-order valence-corrected chi connectivity index (χ0v) is 13.7. The highest BCUT2D eigenvalue weighted by molar-refractivity contribution is 5.74. The maximum atomic E-state index is 12.3. The van der Waals surface area contributed by atoms with Gasteiger partial charge in [0.25, 0.3) is 0 Å². The van der Waals surface area contributed by atoms with Crippen molar-refractivity contribution in [3.63, 3.8) is 0 Å². The van der Waals surface area contributed by atoms with Crippen molar-refractivity contribution in [2.24, 2.45) is 0 Å². The van der Waals surface area contributed by atoms with Gasteiger partial charge in [-0.3, -0.25) is 4.90 Å². The van der Waals surface area contributed by atoms with Gasteiger partial charge in [0.2, 0.25) is 0 Å². The van der Waals surface area contributed by atoms with Crippen molar-refractivity contribution in [2.75, 3.05) is 6.54 Å². The van der Waals surface area contributed by atoms with E-state index >= 15 is 0 Å². The van der Waals surface area contributed by atoms with Gasteiger partial charge in [0.1, 0.15) is 0 Å². The van der Waals surface area contributed by atoms with Crippen molar-refractivity contribution in [2.45, 2.75) is 88.4 Å². The van der Waals surface area contributed by atoms with E-state index in [-0.39, 0.29) is 6.03 Å². The first-order valence-corrected chi connectivity index (χ1v) is 9.20. The van der Waals surface area contributed by atoms with Crippen LogP contribution in [0.4, 0.5) is 4.79 Å². The quantitative estimate of drug-likeness (QED) is 0.784. The minimum atomic E-state index is 0.0622. The first-order valence-electron chi connectivity index (χ1n) is 9.20. The number of carbonyl (C=O) groups excluding carboxylic acids is 1. The van der Waals surface area contributed by atoms with Gasteiger partial charge in [-0.1, -0.05) is 31.8 Å². The number of piperidine rings is 2. The first kappa shape index (κ1) is 15.9. The van der Waals surface area contributed by atoms with Gasteiger partial charge in [-0.05, 0) is 38.5 Å². The van der Waals surface area contributed by atoms with Crippen LogP contribution in [0, 0.1) is 0 Å². The Balaban J connectivity index is 1.49. The average molecular weight is 305 g/mol. The van der Waals surface area contributed by atoms with Crippen molar-refractivity contribution in [3.8, 4) is 0 Å². The number of urea groups is 1. The molecule has 2 bridgehead atoms. The number of hydrogen-bond acceptors (Lipinski definition) is 2. The molecule has 4 heteroatoms. The van der Waals surface area contributed by atoms with Crippen molar-refractivity contribution < 1.29 is 4.79 Å². The minimum absolute atomic E-state index is 0.0622. The standard InChI is InChI=1S/C18H31N3O/c1-2-11-21-16-9-6-10-17(21)13-15(12-16)20-18(22)19-14-7-4-3-5-8-14/h2,14-17H,1,3-13H2,(H2,19,20,22)/t16-,17-/m1/s1. The molecule has 0 aromatic carbocycles. The molecule has 2 N–H and O–H groups in total. The SMILES string of the molecule is C=CCN1[C@@H]2CCC[C@@H]1CC(NC(=O)NC1CCCCC1)C2. The van der Waals surface area contributed by atoms with E-state index in [0.29, 0.717) is 24.2 Å². The van der Waals surface area contributed by atoms with Crippen LogP contribution in [0.3, 0.4) is 0 Å². The lowest BCUT2D eigenvalue weighted by Crippen LogP contribution is -2.58. The van der Waals surface area contributed by atoms with Gasteiger partial charge in [0.15, 0.2) is 0 Å². The largest absolute Gasteiger partial charge is 0.335 e. The summed E-state index contributed by atoms with van der Waals surface area (Å²) in [6.07, 6.45) is 14.2. The van der Waals surface area contributed by atoms with E-state index in [1.807, 2.05) is 6.08 Å². The van der Waals surface area contributed by atoms with Crippen LogP contribution >= 0.6 is 0 Å². The molecule has 1 saturated carbocycles. The smallest absolute Gasteiger partial charge is 0.315 e. The second kappa shape index (κ2) is 7.49. The van der Waals surface area contributed by atoms with Gasteiger partial charge in [-0.2, -0.15) is 0 Å². The molecule has 0 aromatic rings. The van der Waals surface area contributed by atoms with Crippen LogP contribution in [0.2, 0.25) is 0 Å². The Morgan fingerprint density at radius 3 is 2.23 bits per heavy atom. The highest BCUT2D eigenvalue weighted by Gasteiger charge is 2.38. The molecule has 2 heterocycles. The number of carbonyl (C=O) groups is 1. The van der Waals surface area contributed by atoms with E-state index in [1.165, 1.54) is 38.5 Å². The van der Waals surface area contributed by atoms with Crippen molar-refractivity contribution in [1.29, 1.82) is 0 Å². The Kier molecular flexibility index (Phi) is 5.40. The molecular formula is C18H31N3O. The first-order chi connectivity index (χ1) is 10.8. The third-order valence-electron chi connectivity index (χ3n) is 5.74. The summed E-state index contributed by atoms with van der Waals surface area (Å²) in [5, 5.41) is 6.44. The van der Waals surface area contributed by atoms with Crippen LogP contribution in [0.25, 0.3) is 0 Å². The number of nitrogens with zero attached hydrogens (tertiary/aromatic N) is 1. The Hall–Kier alpha value is -1.03. The Morgan fingerprint density at radius 1 is 0.955 bits per heavy atom. The van der Waals surface area contributed by atoms with Crippen LogP contribution in [-0.2, 0) is 0 Å². The van der Waals surface area contributed by atoms with Crippen molar-refractivity contribution in [3.05, 3.63) is 12.7 Å². The van der Waals surface area contributed by atoms with E-state index in [9.17, 15) is 4.79 Å². The molecule has 4 nitrogen and oxygen atoms in total. The summed E-state index contributed by atoms with van der Waals surface area (Å²) >= 11 is 0. The fourth-order valence-corrected chi connectivity index (χ4v) is 4.70. The predicted molar refractivity (Wildman–Crippen MR) is 89.9 cm³/mol. The zero-order valence-electron chi connectivity index (χ0n) is 13.7. The van der Waals surface area contributed by atoms with Crippen LogP contribution in [0.5, 0.6) is 0 Å². The maximum absolute atomic E-state index is 12.3. The summed E-state index contributed by atoms with van der Waals surface area (Å²) in [5.41, 5.74) is 0. The Morgan fingerprint density at radius 2 is 1.59 bits per heavy atom. The monoisotopic (exact) mass is 305 g/mol. The second-order valence-corrected chi connectivity index (χ2v) is 7.35. The molecule has 0 aromatic heterocycles. The normalized spacial score (nSPS) is 33.2. The van der Waals surface area contributed by atoms with Crippen LogP contribution < -0.4 is 10.6 Å². The molecule has 3 aliphatic rings. The molecule has 22 heavy (non-hydrogen) atoms. The molecule has 3 rings (SSSR count). The third-order valence-corrected chi connectivity index (χ3v) is 5.74. The lowest BCUT2D eigenvalue weighted by molar-refractivity contribution is 0.0370. The number of nitrogens with one attached hydrogen (secondary N) is 2. The molecule has 124 valence electrons. The average Bonchev–Trinajstić information content (AvgIpc) is 2.49. The lowest BCUT2D eigenvalue weighted by atomic mass is 9.82. The minimum Gasteiger partial charge on any atom is -0.335 e. The van der Waals surface area contributed by atoms with Gasteiger partial charge in [-0.25, -0.2) is 4.79 Å². The number of fused-ring (bicyclic) bond motifs is 2. The molecule has 3 fully saturated rings. The topological polar surface area (TPSA) is 44.4 Å². The predicted octanol–water partition coefficient (Wildman–Crippen LogP) is 3.19. The van der Waals surface area contributed by atoms with Gasteiger partial charge < -0.3 is 10.6 Å². The molecule has 0 radical (unpaired) electrons.